The van der Waals surface area contributed by atoms with E-state index in [-0.39, 0.29) is 0 Å². The summed E-state index contributed by atoms with van der Waals surface area (Å²) in [5.41, 5.74) is 5.07. The molecule has 4 rings (SSSR count). The molecule has 0 bridgehead atoms. The highest BCUT2D eigenvalue weighted by Gasteiger charge is 2.41. The zero-order chi connectivity index (χ0) is 12.2. The summed E-state index contributed by atoms with van der Waals surface area (Å²) in [7, 11) is 2.25. The third-order valence-electron chi connectivity index (χ3n) is 4.93. The van der Waals surface area contributed by atoms with Crippen LogP contribution < -0.4 is 5.32 Å². The normalized spacial score (nSPS) is 24.9. The second kappa shape index (κ2) is 3.91. The molecule has 0 saturated carbocycles. The minimum absolute atomic E-state index is 0.478. The molecule has 0 amide bonds. The molecule has 3 heterocycles. The molecule has 1 aromatic carbocycles. The lowest BCUT2D eigenvalue weighted by atomic mass is 9.74. The summed E-state index contributed by atoms with van der Waals surface area (Å²) < 4.78 is 0. The van der Waals surface area contributed by atoms with Crippen LogP contribution in [0.5, 0.6) is 0 Å². The third kappa shape index (κ3) is 1.53. The lowest BCUT2D eigenvalue weighted by Crippen LogP contribution is -2.41. The van der Waals surface area contributed by atoms with E-state index in [1.165, 1.54) is 49.4 Å². The van der Waals surface area contributed by atoms with Crippen molar-refractivity contribution in [1.29, 1.82) is 0 Å². The Morgan fingerprint density at radius 3 is 2.94 bits per heavy atom. The lowest BCUT2D eigenvalue weighted by Gasteiger charge is -2.38. The second-order valence-electron chi connectivity index (χ2n) is 6.05. The Hall–Kier alpha value is -0.670. The number of piperidine rings is 1. The van der Waals surface area contributed by atoms with Gasteiger partial charge >= 0.3 is 0 Å². The number of benzene rings is 1. The van der Waals surface area contributed by atoms with Crippen molar-refractivity contribution in [3.8, 4) is 0 Å². The summed E-state index contributed by atoms with van der Waals surface area (Å²) in [6.07, 6.45) is 3.88. The van der Waals surface area contributed by atoms with Crippen LogP contribution in [0, 0.1) is 0 Å². The van der Waals surface area contributed by atoms with Gasteiger partial charge in [0, 0.05) is 28.3 Å². The first kappa shape index (κ1) is 11.2. The molecule has 0 aromatic heterocycles. The van der Waals surface area contributed by atoms with Gasteiger partial charge in [0.25, 0.3) is 0 Å². The van der Waals surface area contributed by atoms with Crippen LogP contribution in [0.1, 0.15) is 24.0 Å². The van der Waals surface area contributed by atoms with E-state index in [9.17, 15) is 0 Å². The molecule has 1 saturated heterocycles. The standard InChI is InChI=1S/C15H20N2S/c1-17-6-3-15(4-7-17)10-18-14-8-11-2-5-16-13(11)9-12(14)15/h8-9,16H,2-7,10H2,1H3. The Balaban J connectivity index is 1.75. The van der Waals surface area contributed by atoms with E-state index in [1.807, 2.05) is 0 Å². The summed E-state index contributed by atoms with van der Waals surface area (Å²) in [5, 5.41) is 3.54. The molecule has 2 nitrogen and oxygen atoms in total. The predicted octanol–water partition coefficient (Wildman–Crippen LogP) is 2.72. The van der Waals surface area contributed by atoms with Crippen molar-refractivity contribution in [1.82, 2.24) is 4.90 Å². The summed E-state index contributed by atoms with van der Waals surface area (Å²) in [6, 6.07) is 4.94. The van der Waals surface area contributed by atoms with Crippen molar-refractivity contribution >= 4 is 17.4 Å². The van der Waals surface area contributed by atoms with Crippen LogP contribution in [0.25, 0.3) is 0 Å². The van der Waals surface area contributed by atoms with Crippen molar-refractivity contribution in [2.45, 2.75) is 29.6 Å². The number of nitrogens with zero attached hydrogens (tertiary/aromatic N) is 1. The molecule has 0 unspecified atom stereocenters. The van der Waals surface area contributed by atoms with E-state index >= 15 is 0 Å². The molecule has 1 spiro atoms. The molecule has 3 aliphatic heterocycles. The molecule has 0 atom stereocenters. The van der Waals surface area contributed by atoms with E-state index in [2.05, 4.69) is 41.2 Å². The summed E-state index contributed by atoms with van der Waals surface area (Å²) in [4.78, 5) is 4.04. The highest BCUT2D eigenvalue weighted by Crippen LogP contribution is 2.51. The fourth-order valence-corrected chi connectivity index (χ4v) is 5.15. The monoisotopic (exact) mass is 260 g/mol. The van der Waals surface area contributed by atoms with Gasteiger partial charge in [0.15, 0.2) is 0 Å². The van der Waals surface area contributed by atoms with Crippen molar-refractivity contribution in [2.24, 2.45) is 0 Å². The van der Waals surface area contributed by atoms with Gasteiger partial charge in [-0.15, -0.1) is 11.8 Å². The molecule has 1 fully saturated rings. The van der Waals surface area contributed by atoms with Crippen LogP contribution >= 0.6 is 11.8 Å². The van der Waals surface area contributed by atoms with Gasteiger partial charge in [0.05, 0.1) is 0 Å². The Bertz CT molecular complexity index is 490. The Labute approximate surface area is 113 Å². The third-order valence-corrected chi connectivity index (χ3v) is 6.28. The average molecular weight is 260 g/mol. The van der Waals surface area contributed by atoms with Crippen LogP contribution in [0.3, 0.4) is 0 Å². The number of hydrogen-bond donors (Lipinski definition) is 1. The van der Waals surface area contributed by atoms with E-state index < -0.39 is 0 Å². The quantitative estimate of drug-likeness (QED) is 0.772. The first-order valence-electron chi connectivity index (χ1n) is 6.99. The number of thioether (sulfide) groups is 1. The molecule has 18 heavy (non-hydrogen) atoms. The van der Waals surface area contributed by atoms with E-state index in [0.29, 0.717) is 5.41 Å². The molecule has 1 aromatic rings. The zero-order valence-corrected chi connectivity index (χ0v) is 11.8. The fraction of sp³-hybridized carbons (Fsp3) is 0.600. The van der Waals surface area contributed by atoms with Crippen LogP contribution in [0.4, 0.5) is 5.69 Å². The van der Waals surface area contributed by atoms with E-state index in [1.54, 1.807) is 10.5 Å². The van der Waals surface area contributed by atoms with Gasteiger partial charge in [-0.2, -0.15) is 0 Å². The van der Waals surface area contributed by atoms with Crippen LogP contribution in [0.15, 0.2) is 17.0 Å². The zero-order valence-electron chi connectivity index (χ0n) is 11.0. The minimum atomic E-state index is 0.478. The fourth-order valence-electron chi connectivity index (χ4n) is 3.61. The summed E-state index contributed by atoms with van der Waals surface area (Å²) >= 11 is 2.09. The van der Waals surface area contributed by atoms with Crippen LogP contribution in [-0.2, 0) is 11.8 Å². The minimum Gasteiger partial charge on any atom is -0.384 e. The molecule has 3 heteroatoms. The molecule has 1 N–H and O–H groups in total. The van der Waals surface area contributed by atoms with Crippen LogP contribution in [-0.4, -0.2) is 37.3 Å². The molecule has 0 radical (unpaired) electrons. The highest BCUT2D eigenvalue weighted by molar-refractivity contribution is 7.99. The number of hydrogen-bond acceptors (Lipinski definition) is 3. The van der Waals surface area contributed by atoms with Crippen molar-refractivity contribution < 1.29 is 0 Å². The van der Waals surface area contributed by atoms with Gasteiger partial charge < -0.3 is 10.2 Å². The predicted molar refractivity (Wildman–Crippen MR) is 77.8 cm³/mol. The van der Waals surface area contributed by atoms with Gasteiger partial charge in [-0.1, -0.05) is 0 Å². The maximum atomic E-state index is 3.54. The number of rotatable bonds is 0. The number of nitrogens with one attached hydrogen (secondary N) is 1. The smallest absolute Gasteiger partial charge is 0.0377 e. The first-order valence-corrected chi connectivity index (χ1v) is 7.98. The van der Waals surface area contributed by atoms with E-state index in [0.717, 1.165) is 6.54 Å². The average Bonchev–Trinajstić information content (AvgIpc) is 2.96. The lowest BCUT2D eigenvalue weighted by molar-refractivity contribution is 0.204. The van der Waals surface area contributed by atoms with Gasteiger partial charge in [-0.05, 0) is 62.7 Å². The van der Waals surface area contributed by atoms with Crippen molar-refractivity contribution in [3.63, 3.8) is 0 Å². The van der Waals surface area contributed by atoms with Gasteiger partial charge in [-0.3, -0.25) is 0 Å². The van der Waals surface area contributed by atoms with E-state index in [4.69, 9.17) is 0 Å². The number of anilines is 1. The highest BCUT2D eigenvalue weighted by atomic mass is 32.2. The second-order valence-corrected chi connectivity index (χ2v) is 7.07. The van der Waals surface area contributed by atoms with Gasteiger partial charge in [0.1, 0.15) is 0 Å². The number of likely N-dealkylation sites (tertiary alicyclic amines) is 1. The Morgan fingerprint density at radius 2 is 2.11 bits per heavy atom. The topological polar surface area (TPSA) is 15.3 Å². The maximum Gasteiger partial charge on any atom is 0.0377 e. The molecule has 96 valence electrons. The van der Waals surface area contributed by atoms with Crippen molar-refractivity contribution in [2.75, 3.05) is 37.8 Å². The van der Waals surface area contributed by atoms with Crippen LogP contribution in [0.2, 0.25) is 0 Å². The molecule has 0 aliphatic carbocycles. The Kier molecular flexibility index (Phi) is 2.43. The van der Waals surface area contributed by atoms with Gasteiger partial charge in [0.2, 0.25) is 0 Å². The maximum absolute atomic E-state index is 3.54. The van der Waals surface area contributed by atoms with Crippen molar-refractivity contribution in [3.05, 3.63) is 23.3 Å². The summed E-state index contributed by atoms with van der Waals surface area (Å²) in [5.74, 6) is 1.30. The number of fused-ring (bicyclic) bond motifs is 3. The molecular formula is C15H20N2S. The SMILES string of the molecule is CN1CCC2(CC1)CSc1cc3c(cc12)NCC3. The largest absolute Gasteiger partial charge is 0.384 e. The summed E-state index contributed by atoms with van der Waals surface area (Å²) in [6.45, 7) is 3.63. The molecular weight excluding hydrogens is 240 g/mol. The van der Waals surface area contributed by atoms with Gasteiger partial charge in [-0.25, -0.2) is 0 Å². The Morgan fingerprint density at radius 1 is 1.28 bits per heavy atom. The first-order chi connectivity index (χ1) is 8.77. The molecule has 3 aliphatic rings.